The number of carbonyl (C=O) groups is 12. The van der Waals surface area contributed by atoms with Gasteiger partial charge in [0, 0.05) is 124 Å². The van der Waals surface area contributed by atoms with Gasteiger partial charge in [-0.15, -0.1) is 0 Å². The minimum Gasteiger partial charge on any atom is -0.480 e. The van der Waals surface area contributed by atoms with E-state index in [1.165, 1.54) is 56.6 Å². The molecule has 42 heteroatoms. The minimum atomic E-state index is -4.58. The Balaban J connectivity index is 0.794. The van der Waals surface area contributed by atoms with Crippen LogP contribution in [0.15, 0.2) is 77.7 Å². The quantitative estimate of drug-likeness (QED) is 0.00502. The highest BCUT2D eigenvalue weighted by Gasteiger charge is 2.46. The Kier molecular flexibility index (Phi) is 29.7. The number of aryl methyl sites for hydroxylation is 2. The lowest BCUT2D eigenvalue weighted by Crippen LogP contribution is -2.54. The van der Waals surface area contributed by atoms with Crippen LogP contribution in [-0.4, -0.2) is 219 Å². The summed E-state index contributed by atoms with van der Waals surface area (Å²) in [6, 6.07) is 10.7. The smallest absolute Gasteiger partial charge is 0.480 e. The van der Waals surface area contributed by atoms with Crippen LogP contribution in [-0.2, 0) is 71.0 Å². The fraction of sp³-hybridized carbons (Fsp3) is 0.403. The number of nitrogen functional groups attached to an aromatic ring is 1. The van der Waals surface area contributed by atoms with E-state index in [1.807, 2.05) is 26.0 Å². The number of nitrogens with zero attached hydrogens (tertiary/aromatic N) is 5. The molecule has 119 heavy (non-hydrogen) atoms. The van der Waals surface area contributed by atoms with Gasteiger partial charge in [0.15, 0.2) is 22.7 Å². The Bertz CT molecular complexity index is 5490. The maximum Gasteiger partial charge on any atom is 0.488 e. The van der Waals surface area contributed by atoms with Crippen LogP contribution >= 0.6 is 21.6 Å². The summed E-state index contributed by atoms with van der Waals surface area (Å²) in [5.74, 6) is -15.3. The highest BCUT2D eigenvalue weighted by Crippen LogP contribution is 2.49. The number of carboxylic acid groups (broad SMARTS) is 2. The Morgan fingerprint density at radius 3 is 1.96 bits per heavy atom. The number of hydrogen-bond donors (Lipinski definition) is 17. The number of carbonyl (C=O) groups excluding carboxylic acids is 10. The summed E-state index contributed by atoms with van der Waals surface area (Å²) in [6.45, 7) is 10.4. The first-order valence-corrected chi connectivity index (χ1v) is 42.0. The molecule has 0 fully saturated rings. The van der Waals surface area contributed by atoms with E-state index in [2.05, 4.69) is 86.3 Å². The average Bonchev–Trinajstić information content (AvgIpc) is 1.56. The summed E-state index contributed by atoms with van der Waals surface area (Å²) in [7, 11) is -3.20. The van der Waals surface area contributed by atoms with Crippen LogP contribution < -0.4 is 59.3 Å². The highest BCUT2D eigenvalue weighted by atomic mass is 33.1. The molecule has 7 heterocycles. The molecule has 0 spiro atoms. The van der Waals surface area contributed by atoms with Crippen LogP contribution in [0, 0.1) is 13.8 Å². The number of H-pyrrole nitrogens is 3. The standard InChI is InChI=1S/C77H90BN17O21S3/c1-8-45-35(2)48-29-53-61(39(6)96)37(4)50(87-53)27-49-36(3)46(65(90-49)63-64(76(110)116-7)68(101)62-38(5)51(91-66(62)63)28-52(45)86-48)17-19-57(97)88-54(30-59(99)80-22-21-40-9-13-42(14-10-40)78(111)112)71(103)82-23-25-117-118-34-56(75(108)109)93-72(104)55(31-60(100)81-24-26-119(113,114)115)89-58(98)20-18-47(74(106)107)92-70(102)41-11-15-43(16-12-41)83-32-44-33-84-69-67(85-44)73(105)95-77(79)94-69/h9-16,27-29,33,35-36,45-47,54-56,64,83,87,91,111-112H,8,17-26,30-32,34H2,1-7H3,(H,80,99)(H,81,100)(H,82,103)(H,88,97)(H,89,98)(H,92,102)(H,93,104)(H,106,107)(H,108,109)(H,113,114,115)(H3,79,84,94,95,105)/t35-,36+,45-,46+,47+,54?,55+,56+,64?/m1/s1. The number of ether oxygens (including phenoxy) is 1. The van der Waals surface area contributed by atoms with E-state index < -0.39 is 168 Å². The number of aromatic nitrogens is 8. The van der Waals surface area contributed by atoms with Crippen LogP contribution in [0.3, 0.4) is 0 Å². The zero-order valence-electron chi connectivity index (χ0n) is 65.6. The SMILES string of the molecule is CC[C@H]1c2cc3[nH]c4c(c3C)C(=O)C(C(=O)OC)c4c3nc(cc4[nH]c(cc(n2)[C@@H]1C)c(C(C)=O)c4C)[C@@H](C)[C@@H]3CCC(=O)NC(CC(=O)NCCc1ccc(B(O)O)cc1)C(=O)NCCSSC[C@H](NC(=O)[C@H](CC(=O)NCCS(=O)(=O)O)NC(=O)CC[C@H](NC(=O)c1ccc(NCc2cnc3nc(N)[nH]c(=O)c3n2)cc1)C(=O)O)C(=O)O. The van der Waals surface area contributed by atoms with Gasteiger partial charge in [0.1, 0.15) is 30.1 Å². The number of amides is 7. The van der Waals surface area contributed by atoms with E-state index in [0.29, 0.717) is 67.9 Å². The molecular formula is C77H90BN17O21S3. The van der Waals surface area contributed by atoms with Gasteiger partial charge in [0.25, 0.3) is 21.6 Å². The van der Waals surface area contributed by atoms with Gasteiger partial charge in [-0.05, 0) is 111 Å². The van der Waals surface area contributed by atoms with Crippen LogP contribution in [0.5, 0.6) is 0 Å². The Morgan fingerprint density at radius 1 is 0.681 bits per heavy atom. The van der Waals surface area contributed by atoms with E-state index in [-0.39, 0.29) is 107 Å². The number of Topliss-reactive ketones (excluding diaryl/α,β-unsaturated/α-hetero) is 2. The Hall–Kier alpha value is -12.0. The molecule has 3 aliphatic rings. The number of nitrogens with one attached hydrogen (secondary N) is 11. The van der Waals surface area contributed by atoms with Gasteiger partial charge >= 0.3 is 25.0 Å². The minimum absolute atomic E-state index is 0.000602. The summed E-state index contributed by atoms with van der Waals surface area (Å²) in [4.78, 5) is 208. The van der Waals surface area contributed by atoms with Gasteiger partial charge in [0.2, 0.25) is 41.4 Å². The lowest BCUT2D eigenvalue weighted by atomic mass is 9.80. The molecule has 1 aliphatic carbocycles. The average molecular weight is 1700 g/mol. The maximum atomic E-state index is 14.8. The fourth-order valence-electron chi connectivity index (χ4n) is 14.3. The number of carboxylic acids is 2. The predicted molar refractivity (Wildman–Crippen MR) is 439 cm³/mol. The molecule has 18 N–H and O–H groups in total. The molecule has 7 aromatic rings. The number of benzene rings is 2. The van der Waals surface area contributed by atoms with Crippen molar-refractivity contribution in [2.24, 2.45) is 0 Å². The molecular weight excluding hydrogens is 1610 g/mol. The third-order valence-electron chi connectivity index (χ3n) is 20.7. The highest BCUT2D eigenvalue weighted by molar-refractivity contribution is 8.76. The van der Waals surface area contributed by atoms with E-state index in [0.717, 1.165) is 38.5 Å². The zero-order valence-corrected chi connectivity index (χ0v) is 68.1. The number of methoxy groups -OCH3 is 1. The first-order chi connectivity index (χ1) is 56.5. The summed E-state index contributed by atoms with van der Waals surface area (Å²) < 4.78 is 37.3. The van der Waals surface area contributed by atoms with Gasteiger partial charge < -0.3 is 83.2 Å². The van der Waals surface area contributed by atoms with Crippen molar-refractivity contribution in [3.63, 3.8) is 0 Å². The van der Waals surface area contributed by atoms with Crippen molar-refractivity contribution in [2.45, 2.75) is 153 Å². The number of aliphatic carboxylic acids is 2. The van der Waals surface area contributed by atoms with Gasteiger partial charge in [-0.3, -0.25) is 72.2 Å². The van der Waals surface area contributed by atoms with Gasteiger partial charge in [0.05, 0.1) is 60.9 Å². The van der Waals surface area contributed by atoms with Crippen molar-refractivity contribution in [3.8, 4) is 0 Å². The molecule has 2 unspecified atom stereocenters. The summed E-state index contributed by atoms with van der Waals surface area (Å²) >= 11 is 0. The van der Waals surface area contributed by atoms with Gasteiger partial charge in [-0.1, -0.05) is 66.6 Å². The lowest BCUT2D eigenvalue weighted by Gasteiger charge is -2.22. The number of fused-ring (bicyclic) bond motifs is 9. The molecule has 2 aromatic carbocycles. The molecule has 2 aliphatic heterocycles. The first-order valence-electron chi connectivity index (χ1n) is 37.9. The number of rotatable bonds is 38. The molecule has 5 aromatic heterocycles. The van der Waals surface area contributed by atoms with Crippen LogP contribution in [0.1, 0.15) is 184 Å². The number of esters is 1. The molecule has 38 nitrogen and oxygen atoms in total. The number of aromatic amines is 3. The van der Waals surface area contributed by atoms with Gasteiger partial charge in [-0.25, -0.2) is 19.6 Å². The fourth-order valence-corrected chi connectivity index (χ4v) is 16.8. The topological polar surface area (TPSA) is 601 Å². The van der Waals surface area contributed by atoms with E-state index in [9.17, 15) is 95.6 Å². The number of ketones is 2. The maximum absolute atomic E-state index is 14.8. The largest absolute Gasteiger partial charge is 0.488 e. The molecule has 0 saturated carbocycles. The molecule has 0 radical (unpaired) electrons. The van der Waals surface area contributed by atoms with Crippen molar-refractivity contribution in [1.82, 2.24) is 77.1 Å². The van der Waals surface area contributed by atoms with Crippen molar-refractivity contribution in [3.05, 3.63) is 151 Å². The third-order valence-corrected chi connectivity index (χ3v) is 23.8. The van der Waals surface area contributed by atoms with Crippen molar-refractivity contribution in [1.29, 1.82) is 0 Å². The normalized spacial score (nSPS) is 16.4. The second kappa shape index (κ2) is 39.5. The van der Waals surface area contributed by atoms with Crippen LogP contribution in [0.2, 0.25) is 0 Å². The molecule has 7 amide bonds. The predicted octanol–water partition coefficient (Wildman–Crippen LogP) is 2.30. The summed E-state index contributed by atoms with van der Waals surface area (Å²) in [5.41, 5.74) is 13.2. The summed E-state index contributed by atoms with van der Waals surface area (Å²) in [6.07, 6.45) is -0.704. The summed E-state index contributed by atoms with van der Waals surface area (Å²) in [5, 5.41) is 59.7. The molecule has 0 saturated heterocycles. The number of nitrogens with two attached hydrogens (primary N) is 1. The molecule has 8 bridgehead atoms. The van der Waals surface area contributed by atoms with E-state index in [1.54, 1.807) is 25.1 Å². The molecule has 630 valence electrons. The van der Waals surface area contributed by atoms with E-state index >= 15 is 0 Å². The third kappa shape index (κ3) is 22.5. The monoisotopic (exact) mass is 1700 g/mol. The van der Waals surface area contributed by atoms with Crippen molar-refractivity contribution < 1.29 is 95.5 Å². The first kappa shape index (κ1) is 89.4. The number of hydrogen-bond acceptors (Lipinski definition) is 27. The second-order valence-corrected chi connectivity index (χ2v) is 33.0. The van der Waals surface area contributed by atoms with Crippen molar-refractivity contribution in [2.75, 3.05) is 55.1 Å². The molecule has 9 atom stereocenters. The van der Waals surface area contributed by atoms with Crippen molar-refractivity contribution >= 4 is 160 Å². The molecule has 10 rings (SSSR count). The van der Waals surface area contributed by atoms with Crippen LogP contribution in [0.4, 0.5) is 11.6 Å². The van der Waals surface area contributed by atoms with Gasteiger partial charge in [-0.2, -0.15) is 13.4 Å². The Morgan fingerprint density at radius 2 is 1.31 bits per heavy atom. The number of anilines is 2. The Labute approximate surface area is 687 Å². The zero-order chi connectivity index (χ0) is 86.4. The lowest BCUT2D eigenvalue weighted by molar-refractivity contribution is -0.142. The van der Waals surface area contributed by atoms with E-state index in [4.69, 9.17) is 20.4 Å². The van der Waals surface area contributed by atoms with Crippen LogP contribution in [0.25, 0.3) is 33.2 Å². The second-order valence-electron chi connectivity index (χ2n) is 28.8.